The monoisotopic (exact) mass is 239 g/mol. The highest BCUT2D eigenvalue weighted by Gasteiger charge is 2.41. The van der Waals surface area contributed by atoms with Crippen LogP contribution in [0.3, 0.4) is 0 Å². The van der Waals surface area contributed by atoms with E-state index in [1.807, 2.05) is 24.3 Å². The third-order valence-corrected chi connectivity index (χ3v) is 4.40. The maximum atomic E-state index is 11.6. The number of carboxylic acids is 1. The van der Waals surface area contributed by atoms with Gasteiger partial charge in [0.05, 0.1) is 11.1 Å². The maximum Gasteiger partial charge on any atom is 0.336 e. The summed E-state index contributed by atoms with van der Waals surface area (Å²) in [4.78, 5) is 16.3. The number of hydrogen-bond acceptors (Lipinski definition) is 2. The number of hydrogen-bond donors (Lipinski definition) is 1. The van der Waals surface area contributed by atoms with Gasteiger partial charge in [0.15, 0.2) is 0 Å². The molecule has 1 heterocycles. The number of carbonyl (C=O) groups is 1. The predicted molar refractivity (Wildman–Crippen MR) is 68.0 cm³/mol. The number of fused-ring (bicyclic) bond motifs is 6. The highest BCUT2D eigenvalue weighted by atomic mass is 16.4. The molecule has 3 nitrogen and oxygen atoms in total. The molecule has 2 aromatic rings. The van der Waals surface area contributed by atoms with Crippen LogP contribution in [0.2, 0.25) is 0 Å². The molecule has 0 amide bonds. The number of para-hydroxylation sites is 1. The zero-order valence-corrected chi connectivity index (χ0v) is 9.89. The van der Waals surface area contributed by atoms with Crippen molar-refractivity contribution >= 4 is 16.9 Å². The maximum absolute atomic E-state index is 11.6. The molecular formula is C15H13NO2. The Balaban J connectivity index is 2.15. The average molecular weight is 239 g/mol. The number of aromatic nitrogens is 1. The highest BCUT2D eigenvalue weighted by Crippen LogP contribution is 2.54. The largest absolute Gasteiger partial charge is 0.478 e. The van der Waals surface area contributed by atoms with Crippen molar-refractivity contribution in [2.45, 2.75) is 31.1 Å². The molecule has 1 N–H and O–H groups in total. The number of benzene rings is 1. The Morgan fingerprint density at radius 3 is 2.83 bits per heavy atom. The summed E-state index contributed by atoms with van der Waals surface area (Å²) in [5.41, 5.74) is 3.41. The van der Waals surface area contributed by atoms with E-state index in [0.29, 0.717) is 17.4 Å². The lowest BCUT2D eigenvalue weighted by atomic mass is 9.89. The Hall–Kier alpha value is -1.90. The van der Waals surface area contributed by atoms with Gasteiger partial charge in [0, 0.05) is 17.0 Å². The first-order valence-corrected chi connectivity index (χ1v) is 6.41. The van der Waals surface area contributed by atoms with Crippen LogP contribution in [0.5, 0.6) is 0 Å². The molecule has 4 rings (SSSR count). The molecule has 2 aliphatic rings. The molecule has 2 aliphatic carbocycles. The number of pyridine rings is 1. The summed E-state index contributed by atoms with van der Waals surface area (Å²) in [7, 11) is 0. The molecule has 2 unspecified atom stereocenters. The van der Waals surface area contributed by atoms with Gasteiger partial charge >= 0.3 is 5.97 Å². The zero-order chi connectivity index (χ0) is 12.3. The molecule has 1 aromatic carbocycles. The third kappa shape index (κ3) is 1.14. The average Bonchev–Trinajstić information content (AvgIpc) is 2.97. The number of rotatable bonds is 1. The SMILES string of the molecule is O=C(O)c1c2c(nc3ccccc13)C1CCC2C1. The van der Waals surface area contributed by atoms with E-state index in [1.165, 1.54) is 6.42 Å². The summed E-state index contributed by atoms with van der Waals surface area (Å²) in [6.45, 7) is 0. The fourth-order valence-electron chi connectivity index (χ4n) is 3.69. The van der Waals surface area contributed by atoms with E-state index in [1.54, 1.807) is 0 Å². The number of carboxylic acid groups (broad SMARTS) is 1. The molecule has 3 heteroatoms. The molecule has 0 aliphatic heterocycles. The zero-order valence-electron chi connectivity index (χ0n) is 9.89. The van der Waals surface area contributed by atoms with E-state index in [2.05, 4.69) is 0 Å². The minimum atomic E-state index is -0.808. The van der Waals surface area contributed by atoms with E-state index in [4.69, 9.17) is 4.98 Å². The fourth-order valence-corrected chi connectivity index (χ4v) is 3.69. The molecule has 18 heavy (non-hydrogen) atoms. The molecule has 1 aromatic heterocycles. The van der Waals surface area contributed by atoms with Gasteiger partial charge in [-0.3, -0.25) is 4.98 Å². The Labute approximate surface area is 104 Å². The van der Waals surface area contributed by atoms with Crippen LogP contribution in [0.25, 0.3) is 10.9 Å². The lowest BCUT2D eigenvalue weighted by molar-refractivity contribution is 0.0697. The van der Waals surface area contributed by atoms with Crippen LogP contribution in [0.4, 0.5) is 0 Å². The van der Waals surface area contributed by atoms with Gasteiger partial charge in [0.25, 0.3) is 0 Å². The van der Waals surface area contributed by atoms with Crippen LogP contribution >= 0.6 is 0 Å². The number of nitrogens with zero attached hydrogens (tertiary/aromatic N) is 1. The summed E-state index contributed by atoms with van der Waals surface area (Å²) in [6.07, 6.45) is 3.39. The van der Waals surface area contributed by atoms with Gasteiger partial charge < -0.3 is 5.11 Å². The first-order valence-electron chi connectivity index (χ1n) is 6.41. The Morgan fingerprint density at radius 2 is 2.00 bits per heavy atom. The van der Waals surface area contributed by atoms with Crippen molar-refractivity contribution in [3.8, 4) is 0 Å². The van der Waals surface area contributed by atoms with Crippen molar-refractivity contribution in [2.75, 3.05) is 0 Å². The third-order valence-electron chi connectivity index (χ3n) is 4.40. The summed E-state index contributed by atoms with van der Waals surface area (Å²) in [5.74, 6) is 0.110. The molecule has 90 valence electrons. The van der Waals surface area contributed by atoms with Crippen molar-refractivity contribution in [1.82, 2.24) is 4.98 Å². The van der Waals surface area contributed by atoms with Crippen molar-refractivity contribution in [3.63, 3.8) is 0 Å². The van der Waals surface area contributed by atoms with Crippen LogP contribution in [-0.2, 0) is 0 Å². The van der Waals surface area contributed by atoms with Crippen molar-refractivity contribution in [3.05, 3.63) is 41.1 Å². The predicted octanol–water partition coefficient (Wildman–Crippen LogP) is 3.30. The smallest absolute Gasteiger partial charge is 0.336 e. The molecule has 0 spiro atoms. The van der Waals surface area contributed by atoms with E-state index in [0.717, 1.165) is 35.0 Å². The van der Waals surface area contributed by atoms with E-state index >= 15 is 0 Å². The highest BCUT2D eigenvalue weighted by molar-refractivity contribution is 6.04. The first-order chi connectivity index (χ1) is 8.75. The van der Waals surface area contributed by atoms with Crippen LogP contribution in [0, 0.1) is 0 Å². The van der Waals surface area contributed by atoms with Crippen LogP contribution in [0.15, 0.2) is 24.3 Å². The second-order valence-electron chi connectivity index (χ2n) is 5.31. The standard InChI is InChI=1S/C15H13NO2/c17-15(18)13-10-3-1-2-4-11(10)16-14-9-6-5-8(7-9)12(13)14/h1-4,8-9H,5-7H2,(H,17,18). The van der Waals surface area contributed by atoms with Crippen LogP contribution < -0.4 is 0 Å². The molecule has 1 saturated carbocycles. The molecule has 2 atom stereocenters. The minimum absolute atomic E-state index is 0.424. The van der Waals surface area contributed by atoms with Gasteiger partial charge in [0.1, 0.15) is 0 Å². The minimum Gasteiger partial charge on any atom is -0.478 e. The molecule has 2 bridgehead atoms. The first kappa shape index (κ1) is 10.1. The second-order valence-corrected chi connectivity index (χ2v) is 5.31. The van der Waals surface area contributed by atoms with Gasteiger partial charge in [-0.25, -0.2) is 4.79 Å². The van der Waals surface area contributed by atoms with Gasteiger partial charge in [-0.2, -0.15) is 0 Å². The Kier molecular flexibility index (Phi) is 1.85. The molecular weight excluding hydrogens is 226 g/mol. The summed E-state index contributed by atoms with van der Waals surface area (Å²) in [6, 6.07) is 7.59. The second kappa shape index (κ2) is 3.31. The summed E-state index contributed by atoms with van der Waals surface area (Å²) < 4.78 is 0. The van der Waals surface area contributed by atoms with Crippen LogP contribution in [-0.4, -0.2) is 16.1 Å². The van der Waals surface area contributed by atoms with Crippen LogP contribution in [0.1, 0.15) is 52.7 Å². The Morgan fingerprint density at radius 1 is 1.22 bits per heavy atom. The Bertz CT molecular complexity index is 677. The molecule has 0 saturated heterocycles. The van der Waals surface area contributed by atoms with E-state index in [9.17, 15) is 9.90 Å². The van der Waals surface area contributed by atoms with Crippen molar-refractivity contribution in [1.29, 1.82) is 0 Å². The van der Waals surface area contributed by atoms with Crippen molar-refractivity contribution < 1.29 is 9.90 Å². The van der Waals surface area contributed by atoms with Gasteiger partial charge in [-0.1, -0.05) is 18.2 Å². The molecule has 1 fully saturated rings. The summed E-state index contributed by atoms with van der Waals surface area (Å²) in [5, 5.41) is 10.3. The quantitative estimate of drug-likeness (QED) is 0.830. The van der Waals surface area contributed by atoms with Gasteiger partial charge in [0.2, 0.25) is 0 Å². The van der Waals surface area contributed by atoms with Crippen molar-refractivity contribution in [2.24, 2.45) is 0 Å². The summed E-state index contributed by atoms with van der Waals surface area (Å²) >= 11 is 0. The van der Waals surface area contributed by atoms with Gasteiger partial charge in [-0.15, -0.1) is 0 Å². The normalized spacial score (nSPS) is 24.4. The van der Waals surface area contributed by atoms with E-state index < -0.39 is 5.97 Å². The molecule has 0 radical (unpaired) electrons. The fraction of sp³-hybridized carbons (Fsp3) is 0.333. The lowest BCUT2D eigenvalue weighted by Crippen LogP contribution is -2.10. The topological polar surface area (TPSA) is 50.2 Å². The van der Waals surface area contributed by atoms with E-state index in [-0.39, 0.29) is 0 Å². The number of aromatic carboxylic acids is 1. The van der Waals surface area contributed by atoms with Gasteiger partial charge in [-0.05, 0) is 36.8 Å². The lowest BCUT2D eigenvalue weighted by Gasteiger charge is -2.18.